The molecular weight excluding hydrogens is 166 g/mol. The summed E-state index contributed by atoms with van der Waals surface area (Å²) in [4.78, 5) is 8.09. The maximum atomic E-state index is 5.06. The quantitative estimate of drug-likeness (QED) is 0.744. The lowest BCUT2D eigenvalue weighted by Gasteiger charge is -2.15. The molecule has 1 unspecified atom stereocenters. The molecule has 1 N–H and O–H groups in total. The molecule has 1 aromatic rings. The summed E-state index contributed by atoms with van der Waals surface area (Å²) in [6.07, 6.45) is 6.03. The van der Waals surface area contributed by atoms with E-state index >= 15 is 0 Å². The Morgan fingerprint density at radius 2 is 2.38 bits per heavy atom. The molecule has 1 aromatic heterocycles. The highest BCUT2D eigenvalue weighted by Gasteiger charge is 2.05. The largest absolute Gasteiger partial charge is 0.383 e. The SMILES string of the molecule is CCC(COC)Nc1cnccn1. The fourth-order valence-corrected chi connectivity index (χ4v) is 1.05. The van der Waals surface area contributed by atoms with Crippen molar-refractivity contribution in [1.82, 2.24) is 9.97 Å². The topological polar surface area (TPSA) is 47.0 Å². The summed E-state index contributed by atoms with van der Waals surface area (Å²) in [7, 11) is 1.70. The van der Waals surface area contributed by atoms with Gasteiger partial charge in [0.15, 0.2) is 0 Å². The molecule has 0 aliphatic heterocycles. The summed E-state index contributed by atoms with van der Waals surface area (Å²) in [5, 5.41) is 3.23. The van der Waals surface area contributed by atoms with E-state index < -0.39 is 0 Å². The van der Waals surface area contributed by atoms with Gasteiger partial charge in [0.1, 0.15) is 5.82 Å². The van der Waals surface area contributed by atoms with Gasteiger partial charge < -0.3 is 10.1 Å². The van der Waals surface area contributed by atoms with Crippen molar-refractivity contribution in [2.75, 3.05) is 19.0 Å². The zero-order valence-corrected chi connectivity index (χ0v) is 8.03. The number of nitrogens with one attached hydrogen (secondary N) is 1. The van der Waals surface area contributed by atoms with E-state index in [2.05, 4.69) is 22.2 Å². The number of anilines is 1. The Morgan fingerprint density at radius 1 is 1.54 bits per heavy atom. The Balaban J connectivity index is 2.46. The number of aromatic nitrogens is 2. The highest BCUT2D eigenvalue weighted by Crippen LogP contribution is 2.03. The van der Waals surface area contributed by atoms with Crippen molar-refractivity contribution in [1.29, 1.82) is 0 Å². The van der Waals surface area contributed by atoms with Crippen molar-refractivity contribution < 1.29 is 4.74 Å². The summed E-state index contributed by atoms with van der Waals surface area (Å²) in [6, 6.07) is 0.307. The molecule has 0 aliphatic carbocycles. The van der Waals surface area contributed by atoms with Crippen LogP contribution in [0.2, 0.25) is 0 Å². The average molecular weight is 181 g/mol. The molecule has 0 bridgehead atoms. The second-order valence-corrected chi connectivity index (χ2v) is 2.80. The van der Waals surface area contributed by atoms with Crippen LogP contribution in [0.15, 0.2) is 18.6 Å². The maximum absolute atomic E-state index is 5.06. The lowest BCUT2D eigenvalue weighted by atomic mass is 10.2. The monoisotopic (exact) mass is 181 g/mol. The van der Waals surface area contributed by atoms with E-state index in [0.717, 1.165) is 12.2 Å². The van der Waals surface area contributed by atoms with Crippen molar-refractivity contribution in [3.05, 3.63) is 18.6 Å². The Bertz CT molecular complexity index is 228. The molecule has 0 aromatic carbocycles. The van der Waals surface area contributed by atoms with Crippen molar-refractivity contribution >= 4 is 5.82 Å². The Labute approximate surface area is 78.4 Å². The first kappa shape index (κ1) is 9.92. The fraction of sp³-hybridized carbons (Fsp3) is 0.556. The van der Waals surface area contributed by atoms with Gasteiger partial charge >= 0.3 is 0 Å². The van der Waals surface area contributed by atoms with Crippen LogP contribution in [0.25, 0.3) is 0 Å². The second-order valence-electron chi connectivity index (χ2n) is 2.80. The van der Waals surface area contributed by atoms with Gasteiger partial charge in [0.25, 0.3) is 0 Å². The predicted octanol–water partition coefficient (Wildman–Crippen LogP) is 1.31. The van der Waals surface area contributed by atoms with Crippen LogP contribution in [-0.2, 0) is 4.74 Å². The lowest BCUT2D eigenvalue weighted by molar-refractivity contribution is 0.184. The first-order valence-electron chi connectivity index (χ1n) is 4.38. The normalized spacial score (nSPS) is 12.5. The maximum Gasteiger partial charge on any atom is 0.144 e. The number of methoxy groups -OCH3 is 1. The van der Waals surface area contributed by atoms with Gasteiger partial charge in [-0.25, -0.2) is 4.98 Å². The molecule has 1 heterocycles. The van der Waals surface area contributed by atoms with Crippen LogP contribution in [0.5, 0.6) is 0 Å². The molecule has 0 radical (unpaired) electrons. The molecule has 72 valence electrons. The third-order valence-electron chi connectivity index (χ3n) is 1.78. The van der Waals surface area contributed by atoms with Crippen molar-refractivity contribution in [3.63, 3.8) is 0 Å². The molecule has 0 amide bonds. The van der Waals surface area contributed by atoms with Gasteiger partial charge in [0.05, 0.1) is 18.8 Å². The van der Waals surface area contributed by atoms with E-state index in [4.69, 9.17) is 4.74 Å². The molecule has 4 nitrogen and oxygen atoms in total. The molecular formula is C9H15N3O. The van der Waals surface area contributed by atoms with E-state index in [1.807, 2.05) is 0 Å². The van der Waals surface area contributed by atoms with Gasteiger partial charge in [-0.3, -0.25) is 4.98 Å². The number of nitrogens with zero attached hydrogens (tertiary/aromatic N) is 2. The first-order chi connectivity index (χ1) is 6.36. The van der Waals surface area contributed by atoms with Crippen molar-refractivity contribution in [3.8, 4) is 0 Å². The zero-order chi connectivity index (χ0) is 9.52. The second kappa shape index (κ2) is 5.48. The number of rotatable bonds is 5. The van der Waals surface area contributed by atoms with Crippen LogP contribution in [0.4, 0.5) is 5.82 Å². The molecule has 0 saturated heterocycles. The fourth-order valence-electron chi connectivity index (χ4n) is 1.05. The van der Waals surface area contributed by atoms with Gasteiger partial charge in [-0.2, -0.15) is 0 Å². The minimum atomic E-state index is 0.307. The third-order valence-corrected chi connectivity index (χ3v) is 1.78. The number of ether oxygens (including phenoxy) is 1. The molecule has 0 saturated carbocycles. The van der Waals surface area contributed by atoms with Gasteiger partial charge in [0, 0.05) is 19.5 Å². The van der Waals surface area contributed by atoms with Crippen LogP contribution in [0.1, 0.15) is 13.3 Å². The van der Waals surface area contributed by atoms with Crippen molar-refractivity contribution in [2.45, 2.75) is 19.4 Å². The van der Waals surface area contributed by atoms with Crippen LogP contribution in [-0.4, -0.2) is 29.7 Å². The molecule has 1 rings (SSSR count). The minimum absolute atomic E-state index is 0.307. The van der Waals surface area contributed by atoms with Gasteiger partial charge in [-0.15, -0.1) is 0 Å². The summed E-state index contributed by atoms with van der Waals surface area (Å²) in [6.45, 7) is 2.79. The average Bonchev–Trinajstić information content (AvgIpc) is 2.19. The van der Waals surface area contributed by atoms with E-state index in [1.165, 1.54) is 0 Å². The summed E-state index contributed by atoms with van der Waals surface area (Å²) in [5.74, 6) is 0.798. The van der Waals surface area contributed by atoms with E-state index in [9.17, 15) is 0 Å². The van der Waals surface area contributed by atoms with E-state index in [-0.39, 0.29) is 0 Å². The summed E-state index contributed by atoms with van der Waals surface area (Å²) < 4.78 is 5.06. The summed E-state index contributed by atoms with van der Waals surface area (Å²) >= 11 is 0. The Morgan fingerprint density at radius 3 is 2.92 bits per heavy atom. The van der Waals surface area contributed by atoms with Gasteiger partial charge in [-0.1, -0.05) is 6.92 Å². The lowest BCUT2D eigenvalue weighted by Crippen LogP contribution is -2.24. The molecule has 1 atom stereocenters. The molecule has 0 fully saturated rings. The van der Waals surface area contributed by atoms with E-state index in [0.29, 0.717) is 12.6 Å². The smallest absolute Gasteiger partial charge is 0.144 e. The summed E-state index contributed by atoms with van der Waals surface area (Å²) in [5.41, 5.74) is 0. The van der Waals surface area contributed by atoms with Crippen LogP contribution in [0, 0.1) is 0 Å². The zero-order valence-electron chi connectivity index (χ0n) is 8.03. The van der Waals surface area contributed by atoms with Crippen LogP contribution < -0.4 is 5.32 Å². The highest BCUT2D eigenvalue weighted by atomic mass is 16.5. The highest BCUT2D eigenvalue weighted by molar-refractivity contribution is 5.31. The Kier molecular flexibility index (Phi) is 4.18. The van der Waals surface area contributed by atoms with E-state index in [1.54, 1.807) is 25.7 Å². The first-order valence-corrected chi connectivity index (χ1v) is 4.38. The molecule has 0 spiro atoms. The number of hydrogen-bond acceptors (Lipinski definition) is 4. The van der Waals surface area contributed by atoms with Crippen LogP contribution in [0.3, 0.4) is 0 Å². The van der Waals surface area contributed by atoms with Crippen molar-refractivity contribution in [2.24, 2.45) is 0 Å². The molecule has 4 heteroatoms. The predicted molar refractivity (Wildman–Crippen MR) is 51.6 cm³/mol. The standard InChI is InChI=1S/C9H15N3O/c1-3-8(7-13-2)12-9-6-10-4-5-11-9/h4-6,8H,3,7H2,1-2H3,(H,11,12). The Hall–Kier alpha value is -1.16. The molecule has 13 heavy (non-hydrogen) atoms. The van der Waals surface area contributed by atoms with Gasteiger partial charge in [0.2, 0.25) is 0 Å². The van der Waals surface area contributed by atoms with Crippen LogP contribution >= 0.6 is 0 Å². The number of hydrogen-bond donors (Lipinski definition) is 1. The minimum Gasteiger partial charge on any atom is -0.383 e. The third kappa shape index (κ3) is 3.38. The van der Waals surface area contributed by atoms with Gasteiger partial charge in [-0.05, 0) is 6.42 Å². The molecule has 0 aliphatic rings.